The fourth-order valence-electron chi connectivity index (χ4n) is 9.44. The van der Waals surface area contributed by atoms with E-state index in [4.69, 9.17) is 9.97 Å². The van der Waals surface area contributed by atoms with Crippen molar-refractivity contribution in [2.75, 3.05) is 0 Å². The standard InChI is InChI=1S/C54H28N4/c55-29-37-7-1-3-13-41(37)52-47-28-39(40-23-19-35-17-15-31-9-5-11-33-21-25-44(40)50(35)48(31)33)27-46(53(47)58-54(57-52)42-14-4-2-8-38(42)30-56)43-24-20-36-18-16-32-10-6-12-34-22-26-45(43)51(36)49(32)34/h1-28H. The van der Waals surface area contributed by atoms with Gasteiger partial charge in [0.2, 0.25) is 0 Å². The number of rotatable bonds is 4. The molecule has 0 atom stereocenters. The Hall–Kier alpha value is -8.18. The van der Waals surface area contributed by atoms with Crippen LogP contribution in [0.4, 0.5) is 0 Å². The second-order valence-electron chi connectivity index (χ2n) is 15.1. The molecule has 0 unspecified atom stereocenters. The molecule has 0 aliphatic rings. The van der Waals surface area contributed by atoms with Crippen LogP contribution in [0.15, 0.2) is 170 Å². The summed E-state index contributed by atoms with van der Waals surface area (Å²) in [7, 11) is 0. The molecule has 0 spiro atoms. The molecule has 0 aliphatic heterocycles. The Morgan fingerprint density at radius 2 is 0.828 bits per heavy atom. The zero-order chi connectivity index (χ0) is 38.5. The van der Waals surface area contributed by atoms with Gasteiger partial charge in [-0.15, -0.1) is 0 Å². The van der Waals surface area contributed by atoms with E-state index in [1.807, 2.05) is 42.5 Å². The second-order valence-corrected chi connectivity index (χ2v) is 15.1. The molecule has 4 nitrogen and oxygen atoms in total. The topological polar surface area (TPSA) is 73.4 Å². The van der Waals surface area contributed by atoms with Crippen LogP contribution in [-0.2, 0) is 0 Å². The van der Waals surface area contributed by atoms with Crippen LogP contribution in [0, 0.1) is 22.7 Å². The first-order chi connectivity index (χ1) is 28.7. The molecule has 12 rings (SSSR count). The summed E-state index contributed by atoms with van der Waals surface area (Å²) in [6, 6.07) is 64.0. The molecule has 1 aromatic heterocycles. The summed E-state index contributed by atoms with van der Waals surface area (Å²) in [4.78, 5) is 10.7. The summed E-state index contributed by atoms with van der Waals surface area (Å²) >= 11 is 0. The Labute approximate surface area is 332 Å². The van der Waals surface area contributed by atoms with Gasteiger partial charge in [-0.3, -0.25) is 0 Å². The molecule has 0 amide bonds. The third-order valence-corrected chi connectivity index (χ3v) is 12.1. The van der Waals surface area contributed by atoms with Crippen molar-refractivity contribution in [1.82, 2.24) is 9.97 Å². The molecule has 1 heterocycles. The Kier molecular flexibility index (Phi) is 6.73. The van der Waals surface area contributed by atoms with E-state index in [-0.39, 0.29) is 0 Å². The maximum absolute atomic E-state index is 10.5. The molecule has 0 aliphatic carbocycles. The number of hydrogen-bond acceptors (Lipinski definition) is 4. The molecular formula is C54H28N4. The minimum Gasteiger partial charge on any atom is -0.227 e. The highest BCUT2D eigenvalue weighted by atomic mass is 14.9. The highest BCUT2D eigenvalue weighted by Gasteiger charge is 2.23. The number of aromatic nitrogens is 2. The van der Waals surface area contributed by atoms with Gasteiger partial charge in [0.1, 0.15) is 0 Å². The van der Waals surface area contributed by atoms with Crippen molar-refractivity contribution in [3.8, 4) is 57.0 Å². The Balaban J connectivity index is 1.26. The van der Waals surface area contributed by atoms with Crippen LogP contribution in [0.2, 0.25) is 0 Å². The fourth-order valence-corrected chi connectivity index (χ4v) is 9.44. The molecule has 58 heavy (non-hydrogen) atoms. The summed E-state index contributed by atoms with van der Waals surface area (Å²) in [6.45, 7) is 0. The average molecular weight is 733 g/mol. The van der Waals surface area contributed by atoms with Crippen LogP contribution >= 0.6 is 0 Å². The summed E-state index contributed by atoms with van der Waals surface area (Å²) < 4.78 is 0. The lowest BCUT2D eigenvalue weighted by atomic mass is 9.86. The van der Waals surface area contributed by atoms with Gasteiger partial charge >= 0.3 is 0 Å². The van der Waals surface area contributed by atoms with E-state index in [2.05, 4.69) is 133 Å². The Morgan fingerprint density at radius 3 is 1.43 bits per heavy atom. The molecular weight excluding hydrogens is 705 g/mol. The van der Waals surface area contributed by atoms with Crippen molar-refractivity contribution >= 4 is 75.5 Å². The first kappa shape index (κ1) is 32.1. The lowest BCUT2D eigenvalue weighted by Gasteiger charge is -2.19. The minimum absolute atomic E-state index is 0.432. The molecule has 0 bridgehead atoms. The third kappa shape index (κ3) is 4.55. The van der Waals surface area contributed by atoms with Gasteiger partial charge in [-0.2, -0.15) is 10.5 Å². The number of nitrogens with zero attached hydrogens (tertiary/aromatic N) is 4. The quantitative estimate of drug-likeness (QED) is 0.169. The van der Waals surface area contributed by atoms with Crippen LogP contribution in [0.5, 0.6) is 0 Å². The Bertz CT molecular complexity index is 3740. The SMILES string of the molecule is N#Cc1ccccc1-c1nc(-c2ccccc2C#N)c2cc(-c3ccc4ccc5cccc6ccc3c4c56)cc(-c3ccc4ccc5cccc6ccc3c4c56)c2n1. The normalized spacial score (nSPS) is 11.8. The molecule has 11 aromatic carbocycles. The van der Waals surface area contributed by atoms with E-state index in [0.29, 0.717) is 33.8 Å². The number of fused-ring (bicyclic) bond motifs is 1. The van der Waals surface area contributed by atoms with Crippen molar-refractivity contribution in [2.24, 2.45) is 0 Å². The molecule has 12 aromatic rings. The molecule has 0 N–H and O–H groups in total. The van der Waals surface area contributed by atoms with Crippen LogP contribution in [0.3, 0.4) is 0 Å². The summed E-state index contributed by atoms with van der Waals surface area (Å²) in [5.41, 5.74) is 7.86. The largest absolute Gasteiger partial charge is 0.227 e. The highest BCUT2D eigenvalue weighted by Crippen LogP contribution is 2.46. The van der Waals surface area contributed by atoms with E-state index >= 15 is 0 Å². The zero-order valence-electron chi connectivity index (χ0n) is 31.0. The lowest BCUT2D eigenvalue weighted by molar-refractivity contribution is 1.22. The highest BCUT2D eigenvalue weighted by molar-refractivity contribution is 6.28. The second kappa shape index (κ2) is 12.2. The van der Waals surface area contributed by atoms with Crippen LogP contribution in [0.1, 0.15) is 11.1 Å². The van der Waals surface area contributed by atoms with E-state index in [1.54, 1.807) is 6.07 Å². The van der Waals surface area contributed by atoms with Crippen LogP contribution < -0.4 is 0 Å². The van der Waals surface area contributed by atoms with Crippen molar-refractivity contribution < 1.29 is 0 Å². The number of benzene rings is 11. The first-order valence-electron chi connectivity index (χ1n) is 19.4. The van der Waals surface area contributed by atoms with E-state index in [9.17, 15) is 10.5 Å². The molecule has 0 radical (unpaired) electrons. The van der Waals surface area contributed by atoms with Crippen molar-refractivity contribution in [3.05, 3.63) is 181 Å². The summed E-state index contributed by atoms with van der Waals surface area (Å²) in [5, 5.41) is 36.0. The molecule has 4 heteroatoms. The van der Waals surface area contributed by atoms with Gasteiger partial charge < -0.3 is 0 Å². The maximum atomic E-state index is 10.5. The van der Waals surface area contributed by atoms with Gasteiger partial charge in [-0.05, 0) is 112 Å². The monoisotopic (exact) mass is 732 g/mol. The van der Waals surface area contributed by atoms with Gasteiger partial charge in [0, 0.05) is 22.1 Å². The molecule has 264 valence electrons. The predicted octanol–water partition coefficient (Wildman–Crippen LogP) is 13.8. The van der Waals surface area contributed by atoms with Crippen molar-refractivity contribution in [1.29, 1.82) is 10.5 Å². The van der Waals surface area contributed by atoms with Crippen LogP contribution in [0.25, 0.3) is 120 Å². The molecule has 0 saturated heterocycles. The smallest absolute Gasteiger partial charge is 0.161 e. The van der Waals surface area contributed by atoms with E-state index in [0.717, 1.165) is 38.5 Å². The third-order valence-electron chi connectivity index (χ3n) is 12.1. The number of nitriles is 2. The zero-order valence-corrected chi connectivity index (χ0v) is 31.0. The van der Waals surface area contributed by atoms with Crippen LogP contribution in [-0.4, -0.2) is 9.97 Å². The summed E-state index contributed by atoms with van der Waals surface area (Å²) in [5.74, 6) is 0.432. The van der Waals surface area contributed by atoms with E-state index in [1.165, 1.54) is 59.2 Å². The van der Waals surface area contributed by atoms with Gasteiger partial charge in [0.05, 0.1) is 34.5 Å². The lowest BCUT2D eigenvalue weighted by Crippen LogP contribution is -2.00. The Morgan fingerprint density at radius 1 is 0.345 bits per heavy atom. The molecule has 0 saturated carbocycles. The van der Waals surface area contributed by atoms with Gasteiger partial charge in [0.25, 0.3) is 0 Å². The molecule has 0 fully saturated rings. The first-order valence-corrected chi connectivity index (χ1v) is 19.4. The van der Waals surface area contributed by atoms with Gasteiger partial charge in [-0.25, -0.2) is 9.97 Å². The summed E-state index contributed by atoms with van der Waals surface area (Å²) in [6.07, 6.45) is 0. The number of hydrogen-bond donors (Lipinski definition) is 0. The fraction of sp³-hybridized carbons (Fsp3) is 0. The minimum atomic E-state index is 0.432. The van der Waals surface area contributed by atoms with Gasteiger partial charge in [0.15, 0.2) is 5.82 Å². The van der Waals surface area contributed by atoms with E-state index < -0.39 is 0 Å². The van der Waals surface area contributed by atoms with Crippen molar-refractivity contribution in [2.45, 2.75) is 0 Å². The predicted molar refractivity (Wildman–Crippen MR) is 238 cm³/mol. The van der Waals surface area contributed by atoms with Crippen molar-refractivity contribution in [3.63, 3.8) is 0 Å². The van der Waals surface area contributed by atoms with Gasteiger partial charge in [-0.1, -0.05) is 140 Å². The maximum Gasteiger partial charge on any atom is 0.161 e. The average Bonchev–Trinajstić information content (AvgIpc) is 3.29.